The Morgan fingerprint density at radius 2 is 2.19 bits per heavy atom. The fraction of sp³-hybridized carbons (Fsp3) is 0.875. The molecule has 3 N–H and O–H groups in total. The van der Waals surface area contributed by atoms with Gasteiger partial charge in [-0.25, -0.2) is 0 Å². The first-order valence-electron chi connectivity index (χ1n) is 4.63. The van der Waals surface area contributed by atoms with Gasteiger partial charge in [0, 0.05) is 13.2 Å². The number of carbonyl (C=O) groups excluding carboxylic acids is 1. The highest BCUT2D eigenvalue weighted by atomic mass is 35.5. The Bertz CT molecular complexity index is 232. The summed E-state index contributed by atoms with van der Waals surface area (Å²) in [5.41, 5.74) is 4.70. The fourth-order valence-electron chi connectivity index (χ4n) is 1.28. The Balaban J connectivity index is 0.00000225. The van der Waals surface area contributed by atoms with Crippen molar-refractivity contribution in [2.24, 2.45) is 5.73 Å². The number of nitrogens with two attached hydrogens (primary N) is 1. The van der Waals surface area contributed by atoms with Gasteiger partial charge in [-0.15, -0.1) is 12.4 Å². The Labute approximate surface area is 97.1 Å². The first-order chi connectivity index (χ1) is 6.91. The van der Waals surface area contributed by atoms with Crippen LogP contribution in [0.15, 0.2) is 0 Å². The fourth-order valence-corrected chi connectivity index (χ4v) is 1.28. The lowest BCUT2D eigenvalue weighted by molar-refractivity contribution is -0.163. The largest absolute Gasteiger partial charge is 0.412 e. The predicted molar refractivity (Wildman–Crippen MR) is 53.3 cm³/mol. The van der Waals surface area contributed by atoms with E-state index in [1.54, 1.807) is 0 Å². The van der Waals surface area contributed by atoms with E-state index in [4.69, 9.17) is 10.5 Å². The van der Waals surface area contributed by atoms with E-state index in [0.29, 0.717) is 6.61 Å². The summed E-state index contributed by atoms with van der Waals surface area (Å²) >= 11 is 0. The molecule has 0 bridgehead atoms. The Morgan fingerprint density at radius 3 is 2.62 bits per heavy atom. The van der Waals surface area contributed by atoms with Gasteiger partial charge in [0.1, 0.15) is 0 Å². The molecule has 1 aliphatic rings. The summed E-state index contributed by atoms with van der Waals surface area (Å²) in [6, 6.07) is -2.46. The summed E-state index contributed by atoms with van der Waals surface area (Å²) in [5, 5.41) is 2.12. The van der Waals surface area contributed by atoms with Crippen molar-refractivity contribution in [3.63, 3.8) is 0 Å². The molecule has 2 unspecified atom stereocenters. The zero-order chi connectivity index (χ0) is 11.5. The molecule has 1 fully saturated rings. The summed E-state index contributed by atoms with van der Waals surface area (Å²) in [6.07, 6.45) is -3.26. The highest BCUT2D eigenvalue weighted by molar-refractivity contribution is 5.85. The van der Waals surface area contributed by atoms with E-state index in [2.05, 4.69) is 5.32 Å². The summed E-state index contributed by atoms with van der Waals surface area (Å²) in [6.45, 7) is 0.675. The van der Waals surface area contributed by atoms with Crippen LogP contribution in [-0.4, -0.2) is 37.4 Å². The highest BCUT2D eigenvalue weighted by Gasteiger charge is 2.42. The Kier molecular flexibility index (Phi) is 6.06. The molecular weight excluding hydrogens is 249 g/mol. The number of hydrogen-bond donors (Lipinski definition) is 2. The van der Waals surface area contributed by atoms with E-state index in [1.165, 1.54) is 0 Å². The van der Waals surface area contributed by atoms with Gasteiger partial charge in [-0.3, -0.25) is 4.79 Å². The van der Waals surface area contributed by atoms with Crippen LogP contribution in [0.5, 0.6) is 0 Å². The number of ether oxygens (including phenoxy) is 1. The lowest BCUT2D eigenvalue weighted by Gasteiger charge is -2.16. The SMILES string of the molecule is Cl.NC(C(=O)NCC1CCCO1)C(F)(F)F. The summed E-state index contributed by atoms with van der Waals surface area (Å²) < 4.78 is 41.1. The Morgan fingerprint density at radius 1 is 1.56 bits per heavy atom. The summed E-state index contributed by atoms with van der Waals surface area (Å²) in [4.78, 5) is 10.9. The third kappa shape index (κ3) is 4.54. The second kappa shape index (κ2) is 6.27. The van der Waals surface area contributed by atoms with Crippen molar-refractivity contribution in [1.82, 2.24) is 5.32 Å². The van der Waals surface area contributed by atoms with Crippen molar-refractivity contribution in [2.75, 3.05) is 13.2 Å². The molecule has 0 aromatic carbocycles. The second-order valence-electron chi connectivity index (χ2n) is 3.40. The molecule has 1 rings (SSSR count). The van der Waals surface area contributed by atoms with Crippen LogP contribution in [0.2, 0.25) is 0 Å². The third-order valence-electron chi connectivity index (χ3n) is 2.16. The molecule has 1 saturated heterocycles. The van der Waals surface area contributed by atoms with Crippen LogP contribution in [0.25, 0.3) is 0 Å². The lowest BCUT2D eigenvalue weighted by Crippen LogP contribution is -2.51. The van der Waals surface area contributed by atoms with Crippen molar-refractivity contribution in [3.8, 4) is 0 Å². The predicted octanol–water partition coefficient (Wildman–Crippen LogP) is 0.593. The maximum absolute atomic E-state index is 12.0. The molecule has 0 radical (unpaired) electrons. The normalized spacial score (nSPS) is 22.4. The van der Waals surface area contributed by atoms with Crippen molar-refractivity contribution in [3.05, 3.63) is 0 Å². The van der Waals surface area contributed by atoms with E-state index in [1.807, 2.05) is 0 Å². The van der Waals surface area contributed by atoms with Crippen molar-refractivity contribution < 1.29 is 22.7 Å². The van der Waals surface area contributed by atoms with Crippen LogP contribution in [0.3, 0.4) is 0 Å². The van der Waals surface area contributed by atoms with Crippen molar-refractivity contribution >= 4 is 18.3 Å². The molecule has 16 heavy (non-hydrogen) atoms. The van der Waals surface area contributed by atoms with E-state index < -0.39 is 18.1 Å². The van der Waals surface area contributed by atoms with Crippen LogP contribution >= 0.6 is 12.4 Å². The van der Waals surface area contributed by atoms with Gasteiger partial charge < -0.3 is 15.8 Å². The highest BCUT2D eigenvalue weighted by Crippen LogP contribution is 2.18. The van der Waals surface area contributed by atoms with Gasteiger partial charge in [0.25, 0.3) is 0 Å². The number of hydrogen-bond acceptors (Lipinski definition) is 3. The lowest BCUT2D eigenvalue weighted by atomic mass is 10.2. The maximum atomic E-state index is 12.0. The van der Waals surface area contributed by atoms with Gasteiger partial charge in [-0.2, -0.15) is 13.2 Å². The molecule has 1 amide bonds. The number of carbonyl (C=O) groups is 1. The molecule has 0 spiro atoms. The van der Waals surface area contributed by atoms with E-state index >= 15 is 0 Å². The van der Waals surface area contributed by atoms with Gasteiger partial charge in [-0.1, -0.05) is 0 Å². The second-order valence-corrected chi connectivity index (χ2v) is 3.40. The monoisotopic (exact) mass is 262 g/mol. The van der Waals surface area contributed by atoms with Crippen LogP contribution in [-0.2, 0) is 9.53 Å². The van der Waals surface area contributed by atoms with Gasteiger partial charge in [0.05, 0.1) is 6.10 Å². The number of halogens is 4. The minimum atomic E-state index is -4.69. The number of alkyl halides is 3. The number of amides is 1. The Hall–Kier alpha value is -0.530. The molecule has 96 valence electrons. The molecule has 8 heteroatoms. The molecule has 1 heterocycles. The zero-order valence-electron chi connectivity index (χ0n) is 8.42. The van der Waals surface area contributed by atoms with Crippen LogP contribution < -0.4 is 11.1 Å². The van der Waals surface area contributed by atoms with Crippen molar-refractivity contribution in [1.29, 1.82) is 0 Å². The zero-order valence-corrected chi connectivity index (χ0v) is 9.24. The van der Waals surface area contributed by atoms with Crippen LogP contribution in [0, 0.1) is 0 Å². The molecule has 2 atom stereocenters. The van der Waals surface area contributed by atoms with Gasteiger partial charge in [0.2, 0.25) is 5.91 Å². The molecule has 1 aliphatic heterocycles. The van der Waals surface area contributed by atoms with Gasteiger partial charge >= 0.3 is 6.18 Å². The first-order valence-corrected chi connectivity index (χ1v) is 4.63. The van der Waals surface area contributed by atoms with Gasteiger partial charge in [-0.05, 0) is 12.8 Å². The van der Waals surface area contributed by atoms with Gasteiger partial charge in [0.15, 0.2) is 6.04 Å². The van der Waals surface area contributed by atoms with E-state index in [-0.39, 0.29) is 25.1 Å². The first kappa shape index (κ1) is 15.5. The average Bonchev–Trinajstić information content (AvgIpc) is 2.63. The summed E-state index contributed by atoms with van der Waals surface area (Å²) in [7, 11) is 0. The average molecular weight is 263 g/mol. The molecule has 0 aromatic heterocycles. The third-order valence-corrected chi connectivity index (χ3v) is 2.16. The minimum Gasteiger partial charge on any atom is -0.376 e. The number of rotatable bonds is 3. The summed E-state index contributed by atoms with van der Waals surface area (Å²) in [5.74, 6) is -1.21. The molecule has 0 aromatic rings. The molecular formula is C8H14ClF3N2O2. The molecule has 0 saturated carbocycles. The maximum Gasteiger partial charge on any atom is 0.412 e. The van der Waals surface area contributed by atoms with Crippen molar-refractivity contribution in [2.45, 2.75) is 31.2 Å². The quantitative estimate of drug-likeness (QED) is 0.783. The molecule has 4 nitrogen and oxygen atoms in total. The number of nitrogens with one attached hydrogen (secondary N) is 1. The topological polar surface area (TPSA) is 64.4 Å². The van der Waals surface area contributed by atoms with Crippen LogP contribution in [0.4, 0.5) is 13.2 Å². The molecule has 0 aliphatic carbocycles. The smallest absolute Gasteiger partial charge is 0.376 e. The van der Waals surface area contributed by atoms with E-state index in [9.17, 15) is 18.0 Å². The standard InChI is InChI=1S/C8H13F3N2O2.ClH/c9-8(10,11)6(12)7(14)13-4-5-2-1-3-15-5;/h5-6H,1-4,12H2,(H,13,14);1H. The van der Waals surface area contributed by atoms with E-state index in [0.717, 1.165) is 12.8 Å². The minimum absolute atomic E-state index is 0. The van der Waals surface area contributed by atoms with Crippen LogP contribution in [0.1, 0.15) is 12.8 Å².